The lowest BCUT2D eigenvalue weighted by molar-refractivity contribution is -0.118. The Balaban J connectivity index is 1.45. The van der Waals surface area contributed by atoms with E-state index in [1.807, 2.05) is 41.8 Å². The highest BCUT2D eigenvalue weighted by Gasteiger charge is 2.09. The third-order valence-corrected chi connectivity index (χ3v) is 5.05. The van der Waals surface area contributed by atoms with E-state index in [0.717, 1.165) is 15.5 Å². The number of thioether (sulfide) groups is 1. The summed E-state index contributed by atoms with van der Waals surface area (Å²) in [7, 11) is 1.63. The van der Waals surface area contributed by atoms with Crippen molar-refractivity contribution >= 4 is 29.0 Å². The Morgan fingerprint density at radius 2 is 2.17 bits per heavy atom. The van der Waals surface area contributed by atoms with Crippen molar-refractivity contribution in [3.05, 3.63) is 53.7 Å². The molecule has 1 amide bonds. The van der Waals surface area contributed by atoms with Gasteiger partial charge in [-0.1, -0.05) is 6.07 Å². The molecule has 3 rings (SSSR count). The fourth-order valence-electron chi connectivity index (χ4n) is 1.96. The number of carbonyl (C=O) groups excluding carboxylic acids is 1. The van der Waals surface area contributed by atoms with Crippen molar-refractivity contribution in [1.29, 1.82) is 0 Å². The summed E-state index contributed by atoms with van der Waals surface area (Å²) in [6, 6.07) is 11.5. The number of carbonyl (C=O) groups is 1. The van der Waals surface area contributed by atoms with Crippen LogP contribution in [-0.2, 0) is 11.3 Å². The molecule has 0 fully saturated rings. The average Bonchev–Trinajstić information content (AvgIpc) is 3.29. The number of aromatic nitrogens is 1. The Hall–Kier alpha value is -2.25. The Morgan fingerprint density at radius 1 is 1.33 bits per heavy atom. The van der Waals surface area contributed by atoms with Crippen LogP contribution in [0.1, 0.15) is 5.69 Å². The first-order valence-corrected chi connectivity index (χ1v) is 9.13. The summed E-state index contributed by atoms with van der Waals surface area (Å²) in [5.41, 5.74) is 0.709. The molecule has 1 aromatic carbocycles. The number of nitrogens with zero attached hydrogens (tertiary/aromatic N) is 1. The molecule has 1 N–H and O–H groups in total. The van der Waals surface area contributed by atoms with Crippen LogP contribution >= 0.6 is 23.1 Å². The Bertz CT molecular complexity index is 783. The Kier molecular flexibility index (Phi) is 5.55. The molecule has 0 radical (unpaired) electrons. The molecule has 0 atom stereocenters. The second-order valence-corrected chi connectivity index (χ2v) is 6.86. The average molecular weight is 360 g/mol. The van der Waals surface area contributed by atoms with E-state index in [4.69, 9.17) is 9.15 Å². The summed E-state index contributed by atoms with van der Waals surface area (Å²) < 4.78 is 10.5. The molecule has 0 aliphatic carbocycles. The minimum absolute atomic E-state index is 0.0449. The van der Waals surface area contributed by atoms with E-state index in [9.17, 15) is 4.79 Å². The van der Waals surface area contributed by atoms with Gasteiger partial charge in [-0.2, -0.15) is 0 Å². The summed E-state index contributed by atoms with van der Waals surface area (Å²) in [6.45, 7) is 0.358. The van der Waals surface area contributed by atoms with Gasteiger partial charge >= 0.3 is 0 Å². The molecule has 2 heterocycles. The number of rotatable bonds is 7. The van der Waals surface area contributed by atoms with Gasteiger partial charge in [0.2, 0.25) is 11.8 Å². The molecule has 7 heteroatoms. The van der Waals surface area contributed by atoms with E-state index in [0.29, 0.717) is 23.9 Å². The first-order valence-electron chi connectivity index (χ1n) is 7.26. The van der Waals surface area contributed by atoms with E-state index < -0.39 is 0 Å². The minimum Gasteiger partial charge on any atom is -0.497 e. The van der Waals surface area contributed by atoms with Crippen LogP contribution in [0.15, 0.2) is 57.4 Å². The second-order valence-electron chi connectivity index (χ2n) is 4.86. The maximum Gasteiger partial charge on any atom is 0.236 e. The van der Waals surface area contributed by atoms with Crippen LogP contribution < -0.4 is 10.1 Å². The van der Waals surface area contributed by atoms with E-state index in [2.05, 4.69) is 10.3 Å². The van der Waals surface area contributed by atoms with Crippen molar-refractivity contribution in [2.45, 2.75) is 11.4 Å². The molecule has 0 spiro atoms. The normalized spacial score (nSPS) is 10.5. The monoisotopic (exact) mass is 360 g/mol. The van der Waals surface area contributed by atoms with Crippen molar-refractivity contribution in [2.24, 2.45) is 0 Å². The summed E-state index contributed by atoms with van der Waals surface area (Å²) in [4.78, 5) is 18.3. The number of methoxy groups -OCH3 is 1. The van der Waals surface area contributed by atoms with Crippen molar-refractivity contribution in [2.75, 3.05) is 12.9 Å². The minimum atomic E-state index is -0.0449. The first kappa shape index (κ1) is 16.6. The molecular weight excluding hydrogens is 344 g/mol. The van der Waals surface area contributed by atoms with Crippen LogP contribution in [0.4, 0.5) is 0 Å². The van der Waals surface area contributed by atoms with E-state index in [1.165, 1.54) is 11.8 Å². The predicted molar refractivity (Wildman–Crippen MR) is 95.4 cm³/mol. The van der Waals surface area contributed by atoms with Gasteiger partial charge in [-0.3, -0.25) is 4.79 Å². The van der Waals surface area contributed by atoms with Crippen LogP contribution in [-0.4, -0.2) is 23.8 Å². The molecule has 0 saturated carbocycles. The summed E-state index contributed by atoms with van der Waals surface area (Å²) >= 11 is 3.04. The van der Waals surface area contributed by atoms with Gasteiger partial charge in [-0.25, -0.2) is 4.98 Å². The van der Waals surface area contributed by atoms with E-state index in [-0.39, 0.29) is 5.91 Å². The van der Waals surface area contributed by atoms with Gasteiger partial charge in [0.15, 0.2) is 0 Å². The molecule has 0 saturated heterocycles. The van der Waals surface area contributed by atoms with Crippen molar-refractivity contribution < 1.29 is 13.9 Å². The zero-order chi connectivity index (χ0) is 16.8. The molecule has 3 aromatic rings. The molecule has 2 aromatic heterocycles. The van der Waals surface area contributed by atoms with Crippen LogP contribution in [0.25, 0.3) is 10.8 Å². The molecule has 0 bridgehead atoms. The quantitative estimate of drug-likeness (QED) is 0.649. The van der Waals surface area contributed by atoms with Crippen LogP contribution in [0, 0.1) is 0 Å². The SMILES string of the molecule is COc1ccc(SCC(=O)NCc2coc(-c3cccs3)n2)cc1. The second kappa shape index (κ2) is 8.03. The van der Waals surface area contributed by atoms with Gasteiger partial charge < -0.3 is 14.5 Å². The van der Waals surface area contributed by atoms with Gasteiger partial charge in [0.25, 0.3) is 0 Å². The smallest absolute Gasteiger partial charge is 0.236 e. The third kappa shape index (κ3) is 4.39. The summed E-state index contributed by atoms with van der Waals surface area (Å²) in [6.07, 6.45) is 1.58. The zero-order valence-corrected chi connectivity index (χ0v) is 14.7. The maximum atomic E-state index is 11.9. The summed E-state index contributed by atoms with van der Waals surface area (Å²) in [5.74, 6) is 1.69. The van der Waals surface area contributed by atoms with Crippen molar-refractivity contribution in [1.82, 2.24) is 10.3 Å². The lowest BCUT2D eigenvalue weighted by atomic mass is 10.3. The number of hydrogen-bond acceptors (Lipinski definition) is 6. The molecule has 0 unspecified atom stereocenters. The Morgan fingerprint density at radius 3 is 2.88 bits per heavy atom. The standard InChI is InChI=1S/C17H16N2O3S2/c1-21-13-4-6-14(7-5-13)24-11-16(20)18-9-12-10-22-17(19-12)15-3-2-8-23-15/h2-8,10H,9,11H2,1H3,(H,18,20). The Labute approximate surface area is 148 Å². The van der Waals surface area contributed by atoms with Crippen LogP contribution in [0.2, 0.25) is 0 Å². The molecule has 0 aliphatic rings. The number of oxazole rings is 1. The molecule has 124 valence electrons. The predicted octanol–water partition coefficient (Wildman–Crippen LogP) is 3.82. The first-order chi connectivity index (χ1) is 11.7. The van der Waals surface area contributed by atoms with Crippen molar-refractivity contribution in [3.8, 4) is 16.5 Å². The third-order valence-electron chi connectivity index (χ3n) is 3.18. The van der Waals surface area contributed by atoms with Gasteiger partial charge in [-0.05, 0) is 35.7 Å². The van der Waals surface area contributed by atoms with Crippen molar-refractivity contribution in [3.63, 3.8) is 0 Å². The number of benzene rings is 1. The highest BCUT2D eigenvalue weighted by molar-refractivity contribution is 8.00. The lowest BCUT2D eigenvalue weighted by Gasteiger charge is -2.04. The molecular formula is C17H16N2O3S2. The van der Waals surface area contributed by atoms with Gasteiger partial charge in [-0.15, -0.1) is 23.1 Å². The lowest BCUT2D eigenvalue weighted by Crippen LogP contribution is -2.24. The molecule has 24 heavy (non-hydrogen) atoms. The number of nitrogens with one attached hydrogen (secondary N) is 1. The van der Waals surface area contributed by atoms with Gasteiger partial charge in [0.05, 0.1) is 30.0 Å². The highest BCUT2D eigenvalue weighted by atomic mass is 32.2. The van der Waals surface area contributed by atoms with Crippen LogP contribution in [0.3, 0.4) is 0 Å². The number of thiophene rings is 1. The van der Waals surface area contributed by atoms with Crippen LogP contribution in [0.5, 0.6) is 5.75 Å². The molecule has 0 aliphatic heterocycles. The van der Waals surface area contributed by atoms with Gasteiger partial charge in [0, 0.05) is 4.90 Å². The largest absolute Gasteiger partial charge is 0.497 e. The number of hydrogen-bond donors (Lipinski definition) is 1. The summed E-state index contributed by atoms with van der Waals surface area (Å²) in [5, 5.41) is 4.82. The fourth-order valence-corrected chi connectivity index (χ4v) is 3.35. The number of ether oxygens (including phenoxy) is 1. The topological polar surface area (TPSA) is 64.4 Å². The van der Waals surface area contributed by atoms with E-state index >= 15 is 0 Å². The number of amides is 1. The van der Waals surface area contributed by atoms with Gasteiger partial charge in [0.1, 0.15) is 12.0 Å². The molecule has 5 nitrogen and oxygen atoms in total. The fraction of sp³-hybridized carbons (Fsp3) is 0.176. The highest BCUT2D eigenvalue weighted by Crippen LogP contribution is 2.24. The zero-order valence-electron chi connectivity index (χ0n) is 13.0. The maximum absolute atomic E-state index is 11.9. The van der Waals surface area contributed by atoms with E-state index in [1.54, 1.807) is 24.7 Å².